The molecule has 1 aliphatic heterocycles. The van der Waals surface area contributed by atoms with Gasteiger partial charge in [-0.05, 0) is 49.2 Å². The number of halogens is 1. The molecule has 1 saturated heterocycles. The van der Waals surface area contributed by atoms with E-state index in [2.05, 4.69) is 37.7 Å². The highest BCUT2D eigenvalue weighted by Crippen LogP contribution is 2.29. The Bertz CT molecular complexity index is 953. The van der Waals surface area contributed by atoms with Crippen LogP contribution in [0.3, 0.4) is 0 Å². The molecule has 1 atom stereocenters. The van der Waals surface area contributed by atoms with Crippen LogP contribution in [0.2, 0.25) is 0 Å². The molecule has 0 spiro atoms. The molecule has 0 saturated carbocycles. The number of fused-ring (bicyclic) bond motifs is 1. The van der Waals surface area contributed by atoms with Crippen LogP contribution in [0.1, 0.15) is 31.5 Å². The minimum Gasteiger partial charge on any atom is -0.324 e. The number of hydrogen-bond acceptors (Lipinski definition) is 3. The number of benzene rings is 1. The van der Waals surface area contributed by atoms with E-state index in [1.165, 1.54) is 0 Å². The molecule has 0 aliphatic carbocycles. The minimum absolute atomic E-state index is 0.0592. The smallest absolute Gasteiger partial charge is 0.321 e. The molecule has 2 aromatic heterocycles. The van der Waals surface area contributed by atoms with Crippen LogP contribution in [0, 0.1) is 0 Å². The molecule has 3 heterocycles. The molecule has 0 bridgehead atoms. The van der Waals surface area contributed by atoms with Crippen molar-refractivity contribution in [3.63, 3.8) is 0 Å². The predicted octanol–water partition coefficient (Wildman–Crippen LogP) is 4.63. The zero-order valence-electron chi connectivity index (χ0n) is 15.2. The lowest BCUT2D eigenvalue weighted by Crippen LogP contribution is -2.33. The van der Waals surface area contributed by atoms with Crippen molar-refractivity contribution in [2.24, 2.45) is 0 Å². The van der Waals surface area contributed by atoms with Gasteiger partial charge >= 0.3 is 6.03 Å². The number of likely N-dealkylation sites (tertiary alicyclic amines) is 1. The Morgan fingerprint density at radius 3 is 2.89 bits per heavy atom. The second-order valence-corrected chi connectivity index (χ2v) is 7.75. The number of carbonyl (C=O) groups excluding carboxylic acids is 1. The van der Waals surface area contributed by atoms with E-state index >= 15 is 0 Å². The lowest BCUT2D eigenvalue weighted by molar-refractivity contribution is 0.222. The van der Waals surface area contributed by atoms with Crippen LogP contribution in [0.5, 0.6) is 0 Å². The molecule has 1 aliphatic rings. The Balaban J connectivity index is 1.51. The average molecular weight is 428 g/mol. The maximum absolute atomic E-state index is 12.6. The number of amides is 2. The molecule has 1 aromatic carbocycles. The first-order valence-corrected chi connectivity index (χ1v) is 10.1. The predicted molar refractivity (Wildman–Crippen MR) is 110 cm³/mol. The maximum atomic E-state index is 12.6. The van der Waals surface area contributed by atoms with Crippen molar-refractivity contribution in [2.75, 3.05) is 18.4 Å². The number of aromatic nitrogens is 3. The summed E-state index contributed by atoms with van der Waals surface area (Å²) in [5.41, 5.74) is 2.67. The highest BCUT2D eigenvalue weighted by Gasteiger charge is 2.31. The third-order valence-corrected chi connectivity index (χ3v) is 5.45. The van der Waals surface area contributed by atoms with Crippen LogP contribution in [-0.2, 0) is 6.54 Å². The molecule has 3 aromatic rings. The Morgan fingerprint density at radius 1 is 1.30 bits per heavy atom. The number of hydrogen-bond donors (Lipinski definition) is 1. The minimum atomic E-state index is -0.0592. The number of anilines is 1. The fourth-order valence-corrected chi connectivity index (χ4v) is 3.89. The van der Waals surface area contributed by atoms with Crippen molar-refractivity contribution in [1.82, 2.24) is 19.4 Å². The Morgan fingerprint density at radius 2 is 2.11 bits per heavy atom. The summed E-state index contributed by atoms with van der Waals surface area (Å²) in [6.07, 6.45) is 3.75. The lowest BCUT2D eigenvalue weighted by Gasteiger charge is -2.18. The molecule has 1 N–H and O–H groups in total. The molecule has 0 unspecified atom stereocenters. The fraction of sp³-hybridized carbons (Fsp3) is 0.350. The molecule has 4 rings (SSSR count). The van der Waals surface area contributed by atoms with Crippen molar-refractivity contribution in [3.05, 3.63) is 52.9 Å². The molecule has 2 amide bonds. The summed E-state index contributed by atoms with van der Waals surface area (Å²) >= 11 is 3.41. The summed E-state index contributed by atoms with van der Waals surface area (Å²) in [6.45, 7) is 4.46. The second-order valence-electron chi connectivity index (χ2n) is 6.84. The van der Waals surface area contributed by atoms with Crippen molar-refractivity contribution in [3.8, 4) is 0 Å². The van der Waals surface area contributed by atoms with Crippen molar-refractivity contribution in [1.29, 1.82) is 0 Å². The summed E-state index contributed by atoms with van der Waals surface area (Å²) in [5, 5.41) is 2.98. The van der Waals surface area contributed by atoms with Gasteiger partial charge in [0.05, 0.1) is 0 Å². The first-order chi connectivity index (χ1) is 13.2. The highest BCUT2D eigenvalue weighted by molar-refractivity contribution is 9.10. The van der Waals surface area contributed by atoms with E-state index in [0.29, 0.717) is 6.54 Å². The van der Waals surface area contributed by atoms with Crippen LogP contribution in [0.25, 0.3) is 11.2 Å². The number of rotatable bonds is 4. The average Bonchev–Trinajstić information content (AvgIpc) is 3.29. The van der Waals surface area contributed by atoms with E-state index in [1.54, 1.807) is 0 Å². The number of imidazole rings is 1. The Kier molecular flexibility index (Phi) is 5.11. The topological polar surface area (TPSA) is 63.1 Å². The van der Waals surface area contributed by atoms with Crippen molar-refractivity contribution in [2.45, 2.75) is 32.2 Å². The molecule has 6 nitrogen and oxygen atoms in total. The van der Waals surface area contributed by atoms with Gasteiger partial charge in [0.15, 0.2) is 5.65 Å². The van der Waals surface area contributed by atoms with Crippen molar-refractivity contribution < 1.29 is 4.79 Å². The number of urea groups is 1. The second kappa shape index (κ2) is 7.68. The molecular formula is C20H22BrN5O. The van der Waals surface area contributed by atoms with E-state index in [0.717, 1.165) is 53.1 Å². The van der Waals surface area contributed by atoms with E-state index < -0.39 is 0 Å². The van der Waals surface area contributed by atoms with Gasteiger partial charge in [-0.2, -0.15) is 0 Å². The van der Waals surface area contributed by atoms with Crippen LogP contribution in [0.15, 0.2) is 47.1 Å². The van der Waals surface area contributed by atoms with Gasteiger partial charge in [0.1, 0.15) is 11.3 Å². The number of carbonyl (C=O) groups is 1. The summed E-state index contributed by atoms with van der Waals surface area (Å²) in [4.78, 5) is 23.8. The largest absolute Gasteiger partial charge is 0.324 e. The molecular weight excluding hydrogens is 406 g/mol. The molecule has 0 radical (unpaired) electrons. The number of pyridine rings is 1. The Hall–Kier alpha value is -2.41. The van der Waals surface area contributed by atoms with Crippen LogP contribution >= 0.6 is 15.9 Å². The zero-order chi connectivity index (χ0) is 18.8. The normalized spacial score (nSPS) is 16.8. The molecule has 7 heteroatoms. The van der Waals surface area contributed by atoms with Crippen LogP contribution in [-0.4, -0.2) is 38.6 Å². The van der Waals surface area contributed by atoms with E-state index in [1.807, 2.05) is 47.5 Å². The summed E-state index contributed by atoms with van der Waals surface area (Å²) in [6, 6.07) is 11.5. The van der Waals surface area contributed by atoms with E-state index in [4.69, 9.17) is 4.98 Å². The lowest BCUT2D eigenvalue weighted by atomic mass is 10.1. The van der Waals surface area contributed by atoms with Gasteiger partial charge in [0.2, 0.25) is 0 Å². The van der Waals surface area contributed by atoms with Gasteiger partial charge in [-0.1, -0.05) is 22.9 Å². The van der Waals surface area contributed by atoms with Gasteiger partial charge in [-0.25, -0.2) is 14.8 Å². The number of aryl methyl sites for hydroxylation is 1. The summed E-state index contributed by atoms with van der Waals surface area (Å²) in [7, 11) is 0. The number of nitrogens with one attached hydrogen (secondary N) is 1. The van der Waals surface area contributed by atoms with Gasteiger partial charge < -0.3 is 14.8 Å². The monoisotopic (exact) mass is 427 g/mol. The van der Waals surface area contributed by atoms with Crippen LogP contribution < -0.4 is 5.32 Å². The Labute approximate surface area is 166 Å². The van der Waals surface area contributed by atoms with Gasteiger partial charge in [-0.3, -0.25) is 0 Å². The quantitative estimate of drug-likeness (QED) is 0.660. The first-order valence-electron chi connectivity index (χ1n) is 9.28. The van der Waals surface area contributed by atoms with Gasteiger partial charge in [0, 0.05) is 41.9 Å². The fourth-order valence-electron chi connectivity index (χ4n) is 3.62. The SMILES string of the molecule is CCCn1c([C@H]2CCN(C(=O)Nc3ccc(Br)cc3)C2)nc2cccnc21. The summed E-state index contributed by atoms with van der Waals surface area (Å²) in [5.74, 6) is 1.28. The molecule has 27 heavy (non-hydrogen) atoms. The molecule has 1 fully saturated rings. The van der Waals surface area contributed by atoms with E-state index in [-0.39, 0.29) is 11.9 Å². The zero-order valence-corrected chi connectivity index (χ0v) is 16.8. The number of nitrogens with zero attached hydrogens (tertiary/aromatic N) is 4. The third kappa shape index (κ3) is 3.69. The maximum Gasteiger partial charge on any atom is 0.321 e. The highest BCUT2D eigenvalue weighted by atomic mass is 79.9. The third-order valence-electron chi connectivity index (χ3n) is 4.92. The van der Waals surface area contributed by atoms with Crippen molar-refractivity contribution >= 4 is 38.8 Å². The van der Waals surface area contributed by atoms with Gasteiger partial charge in [0.25, 0.3) is 0 Å². The van der Waals surface area contributed by atoms with E-state index in [9.17, 15) is 4.79 Å². The van der Waals surface area contributed by atoms with Gasteiger partial charge in [-0.15, -0.1) is 0 Å². The standard InChI is InChI=1S/C20H22BrN5O/c1-2-11-26-18(24-17-4-3-10-22-19(17)26)14-9-12-25(13-14)20(27)23-16-7-5-15(21)6-8-16/h3-8,10,14H,2,9,11-13H2,1H3,(H,23,27)/t14-/m0/s1. The van der Waals surface area contributed by atoms with Crippen LogP contribution in [0.4, 0.5) is 10.5 Å². The first kappa shape index (κ1) is 18.0. The molecule has 140 valence electrons. The summed E-state index contributed by atoms with van der Waals surface area (Å²) < 4.78 is 3.21.